The molecule has 1 heterocycles. The maximum Gasteiger partial charge on any atom is 0.345 e. The second-order valence-corrected chi connectivity index (χ2v) is 6.38. The second kappa shape index (κ2) is 6.50. The van der Waals surface area contributed by atoms with Crippen molar-refractivity contribution in [3.05, 3.63) is 11.3 Å². The number of aliphatic hydroxyl groups is 1. The number of hydrogen-bond donors (Lipinski definition) is 1. The van der Waals surface area contributed by atoms with Crippen LogP contribution in [0.1, 0.15) is 39.0 Å². The number of carbonyl (C=O) groups excluding carboxylic acids is 3. The van der Waals surface area contributed by atoms with Gasteiger partial charge in [-0.05, 0) is 32.6 Å². The first-order chi connectivity index (χ1) is 10.3. The van der Waals surface area contributed by atoms with Gasteiger partial charge < -0.3 is 14.7 Å². The summed E-state index contributed by atoms with van der Waals surface area (Å²) in [7, 11) is 3.46. The van der Waals surface area contributed by atoms with E-state index in [0.717, 1.165) is 0 Å². The van der Waals surface area contributed by atoms with Crippen molar-refractivity contribution in [1.82, 2.24) is 4.90 Å². The van der Waals surface area contributed by atoms with Crippen LogP contribution < -0.4 is 0 Å². The predicted molar refractivity (Wildman–Crippen MR) is 79.0 cm³/mol. The predicted octanol–water partition coefficient (Wildman–Crippen LogP) is 1.60. The van der Waals surface area contributed by atoms with E-state index >= 15 is 0 Å². The Balaban J connectivity index is 2.07. The van der Waals surface area contributed by atoms with E-state index in [1.165, 1.54) is 0 Å². The van der Waals surface area contributed by atoms with E-state index in [4.69, 9.17) is 4.74 Å². The number of allylic oxidation sites excluding steroid dienone is 1. The maximum atomic E-state index is 12.0. The van der Waals surface area contributed by atoms with E-state index in [1.54, 1.807) is 25.9 Å². The number of ether oxygens (including phenoxy) is 1. The van der Waals surface area contributed by atoms with E-state index in [-0.39, 0.29) is 41.3 Å². The van der Waals surface area contributed by atoms with Crippen LogP contribution in [0.5, 0.6) is 0 Å². The lowest BCUT2D eigenvalue weighted by molar-refractivity contribution is -0.150. The molecule has 6 nitrogen and oxygen atoms in total. The highest BCUT2D eigenvalue weighted by molar-refractivity contribution is 6.19. The van der Waals surface area contributed by atoms with Gasteiger partial charge in [0.2, 0.25) is 5.91 Å². The van der Waals surface area contributed by atoms with Crippen LogP contribution >= 0.6 is 0 Å². The van der Waals surface area contributed by atoms with Crippen molar-refractivity contribution in [3.8, 4) is 0 Å². The second-order valence-electron chi connectivity index (χ2n) is 6.38. The molecule has 0 unspecified atom stereocenters. The van der Waals surface area contributed by atoms with E-state index in [1.807, 2.05) is 0 Å². The number of aliphatic hydroxyl groups excluding tert-OH is 1. The fraction of sp³-hybridized carbons (Fsp3) is 0.688. The van der Waals surface area contributed by atoms with Gasteiger partial charge in [0.25, 0.3) is 0 Å². The topological polar surface area (TPSA) is 83.9 Å². The molecule has 2 fully saturated rings. The quantitative estimate of drug-likeness (QED) is 0.362. The van der Waals surface area contributed by atoms with Gasteiger partial charge in [0.05, 0.1) is 0 Å². The van der Waals surface area contributed by atoms with Crippen LogP contribution in [0.2, 0.25) is 0 Å². The molecule has 1 saturated heterocycles. The normalized spacial score (nSPS) is 31.5. The molecular formula is C16H23NO5. The summed E-state index contributed by atoms with van der Waals surface area (Å²) in [4.78, 5) is 37.3. The zero-order chi connectivity index (χ0) is 16.4. The summed E-state index contributed by atoms with van der Waals surface area (Å²) in [5, 5.41) is 10.3. The molecular weight excluding hydrogens is 286 g/mol. The Kier molecular flexibility index (Phi) is 4.88. The zero-order valence-electron chi connectivity index (χ0n) is 13.3. The average molecular weight is 309 g/mol. The molecule has 0 spiro atoms. The summed E-state index contributed by atoms with van der Waals surface area (Å²) in [6.07, 6.45) is 2.16. The summed E-state index contributed by atoms with van der Waals surface area (Å²) in [6, 6.07) is 0. The van der Waals surface area contributed by atoms with Gasteiger partial charge in [0.1, 0.15) is 17.4 Å². The molecule has 0 radical (unpaired) electrons. The number of ketones is 1. The van der Waals surface area contributed by atoms with Gasteiger partial charge in [0, 0.05) is 32.4 Å². The standard InChI is InChI=1S/C16H23NO5/c1-9-8-12(18)13(16(21)22-9)14(19)10-4-6-11(7-5-10)15(20)17(2)3/h9-11,19H,4-8H2,1-3H3/b14-13+/t9-,10?,11?/m1/s1. The monoisotopic (exact) mass is 309 g/mol. The number of nitrogens with zero attached hydrogens (tertiary/aromatic N) is 1. The molecule has 22 heavy (non-hydrogen) atoms. The van der Waals surface area contributed by atoms with Crippen LogP contribution in [0.25, 0.3) is 0 Å². The lowest BCUT2D eigenvalue weighted by atomic mass is 9.79. The number of esters is 1. The van der Waals surface area contributed by atoms with Crippen molar-refractivity contribution in [2.45, 2.75) is 45.1 Å². The van der Waals surface area contributed by atoms with Crippen LogP contribution in [0.15, 0.2) is 11.3 Å². The average Bonchev–Trinajstić information content (AvgIpc) is 2.45. The molecule has 1 N–H and O–H groups in total. The number of amides is 1. The SMILES string of the molecule is C[C@@H]1CC(=O)/C(=C(\O)C2CCC(C(=O)N(C)C)CC2)C(=O)O1. The first-order valence-electron chi connectivity index (χ1n) is 7.69. The molecule has 1 saturated carbocycles. The number of cyclic esters (lactones) is 1. The molecule has 0 bridgehead atoms. The smallest absolute Gasteiger partial charge is 0.345 e. The minimum absolute atomic E-state index is 0.0434. The number of Topliss-reactive ketones (excluding diaryl/α,β-unsaturated/α-hetero) is 1. The maximum absolute atomic E-state index is 12.0. The van der Waals surface area contributed by atoms with Gasteiger partial charge in [-0.1, -0.05) is 0 Å². The van der Waals surface area contributed by atoms with Crippen LogP contribution in [0.4, 0.5) is 0 Å². The van der Waals surface area contributed by atoms with Gasteiger partial charge in [-0.15, -0.1) is 0 Å². The van der Waals surface area contributed by atoms with Crippen LogP contribution in [-0.2, 0) is 19.1 Å². The molecule has 0 aromatic carbocycles. The first kappa shape index (κ1) is 16.5. The van der Waals surface area contributed by atoms with Crippen molar-refractivity contribution in [3.63, 3.8) is 0 Å². The van der Waals surface area contributed by atoms with Crippen LogP contribution in [0, 0.1) is 11.8 Å². The molecule has 6 heteroatoms. The van der Waals surface area contributed by atoms with Crippen molar-refractivity contribution in [1.29, 1.82) is 0 Å². The molecule has 1 atom stereocenters. The third-order valence-corrected chi connectivity index (χ3v) is 4.42. The summed E-state index contributed by atoms with van der Waals surface area (Å²) >= 11 is 0. The zero-order valence-corrected chi connectivity index (χ0v) is 13.3. The Morgan fingerprint density at radius 2 is 1.68 bits per heavy atom. The fourth-order valence-corrected chi connectivity index (χ4v) is 3.19. The van der Waals surface area contributed by atoms with Gasteiger partial charge in [-0.25, -0.2) is 4.79 Å². The molecule has 0 aromatic rings. The molecule has 2 aliphatic rings. The molecule has 1 aliphatic heterocycles. The first-order valence-corrected chi connectivity index (χ1v) is 7.69. The third kappa shape index (κ3) is 3.31. The summed E-state index contributed by atoms with van der Waals surface area (Å²) in [5.41, 5.74) is -0.194. The largest absolute Gasteiger partial charge is 0.511 e. The summed E-state index contributed by atoms with van der Waals surface area (Å²) in [6.45, 7) is 1.65. The van der Waals surface area contributed by atoms with Gasteiger partial charge in [0.15, 0.2) is 5.78 Å². The van der Waals surface area contributed by atoms with Crippen molar-refractivity contribution in [2.75, 3.05) is 14.1 Å². The van der Waals surface area contributed by atoms with Crippen LogP contribution in [-0.4, -0.2) is 47.9 Å². The number of carbonyl (C=O) groups is 3. The van der Waals surface area contributed by atoms with E-state index in [0.29, 0.717) is 25.7 Å². The summed E-state index contributed by atoms with van der Waals surface area (Å²) < 4.78 is 5.03. The van der Waals surface area contributed by atoms with Crippen molar-refractivity contribution < 1.29 is 24.2 Å². The highest BCUT2D eigenvalue weighted by Crippen LogP contribution is 2.35. The molecule has 2 rings (SSSR count). The molecule has 1 aliphatic carbocycles. The van der Waals surface area contributed by atoms with E-state index < -0.39 is 12.1 Å². The van der Waals surface area contributed by atoms with E-state index in [2.05, 4.69) is 0 Å². The van der Waals surface area contributed by atoms with Gasteiger partial charge in [-0.2, -0.15) is 0 Å². The Bertz CT molecular complexity index is 495. The van der Waals surface area contributed by atoms with E-state index in [9.17, 15) is 19.5 Å². The molecule has 122 valence electrons. The molecule has 0 aromatic heterocycles. The fourth-order valence-electron chi connectivity index (χ4n) is 3.19. The Labute approximate surface area is 130 Å². The summed E-state index contributed by atoms with van der Waals surface area (Å²) in [5.74, 6) is -1.44. The lowest BCUT2D eigenvalue weighted by Crippen LogP contribution is -2.34. The Hall–Kier alpha value is -1.85. The molecule has 1 amide bonds. The Morgan fingerprint density at radius 1 is 1.14 bits per heavy atom. The minimum Gasteiger partial charge on any atom is -0.511 e. The van der Waals surface area contributed by atoms with Crippen LogP contribution in [0.3, 0.4) is 0 Å². The third-order valence-electron chi connectivity index (χ3n) is 4.42. The van der Waals surface area contributed by atoms with Gasteiger partial charge >= 0.3 is 5.97 Å². The van der Waals surface area contributed by atoms with Crippen molar-refractivity contribution in [2.24, 2.45) is 11.8 Å². The lowest BCUT2D eigenvalue weighted by Gasteiger charge is -2.30. The number of hydrogen-bond acceptors (Lipinski definition) is 5. The number of rotatable bonds is 2. The van der Waals surface area contributed by atoms with Crippen molar-refractivity contribution >= 4 is 17.7 Å². The highest BCUT2D eigenvalue weighted by atomic mass is 16.5. The minimum atomic E-state index is -0.729. The Morgan fingerprint density at radius 3 is 2.18 bits per heavy atom. The highest BCUT2D eigenvalue weighted by Gasteiger charge is 2.37. The van der Waals surface area contributed by atoms with Gasteiger partial charge in [-0.3, -0.25) is 9.59 Å².